The van der Waals surface area contributed by atoms with Crippen LogP contribution in [0.2, 0.25) is 0 Å². The molecular weight excluding hydrogens is 264 g/mol. The fraction of sp³-hybridized carbons (Fsp3) is 0.455. The van der Waals surface area contributed by atoms with Crippen LogP contribution >= 0.6 is 15.9 Å². The highest BCUT2D eigenvalue weighted by molar-refractivity contribution is 9.10. The fourth-order valence-corrected chi connectivity index (χ4v) is 2.07. The van der Waals surface area contributed by atoms with Crippen molar-refractivity contribution in [2.75, 3.05) is 13.1 Å². The average molecular weight is 276 g/mol. The molecule has 1 unspecified atom stereocenters. The van der Waals surface area contributed by atoms with Gasteiger partial charge in [-0.15, -0.1) is 0 Å². The minimum atomic E-state index is -0.717. The minimum absolute atomic E-state index is 0.261. The molecule has 1 fully saturated rings. The van der Waals surface area contributed by atoms with E-state index in [1.54, 1.807) is 6.07 Å². The average Bonchev–Trinajstić information content (AvgIpc) is 2.58. The first-order chi connectivity index (χ1) is 7.15. The molecule has 0 saturated carbocycles. The zero-order valence-corrected chi connectivity index (χ0v) is 9.80. The van der Waals surface area contributed by atoms with Crippen molar-refractivity contribution in [1.82, 2.24) is 4.90 Å². The maximum atomic E-state index is 13.2. The van der Waals surface area contributed by atoms with Gasteiger partial charge in [0.25, 0.3) is 0 Å². The first kappa shape index (κ1) is 11.0. The normalized spacial score (nSPS) is 22.2. The van der Waals surface area contributed by atoms with E-state index in [-0.39, 0.29) is 5.82 Å². The van der Waals surface area contributed by atoms with E-state index < -0.39 is 6.17 Å². The number of rotatable bonds is 2. The number of hydrogen-bond donors (Lipinski definition) is 0. The molecule has 2 rings (SSSR count). The van der Waals surface area contributed by atoms with Gasteiger partial charge in [-0.1, -0.05) is 6.07 Å². The van der Waals surface area contributed by atoms with Gasteiger partial charge in [-0.3, -0.25) is 4.90 Å². The molecule has 0 bridgehead atoms. The van der Waals surface area contributed by atoms with Gasteiger partial charge in [0.2, 0.25) is 0 Å². The second-order valence-corrected chi connectivity index (χ2v) is 4.72. The smallest absolute Gasteiger partial charge is 0.137 e. The topological polar surface area (TPSA) is 3.24 Å². The van der Waals surface area contributed by atoms with Crippen LogP contribution < -0.4 is 0 Å². The van der Waals surface area contributed by atoms with Gasteiger partial charge >= 0.3 is 0 Å². The molecule has 4 heteroatoms. The van der Waals surface area contributed by atoms with Gasteiger partial charge < -0.3 is 0 Å². The third-order valence-electron chi connectivity index (χ3n) is 2.61. The van der Waals surface area contributed by atoms with Gasteiger partial charge in [-0.05, 0) is 40.0 Å². The Morgan fingerprint density at radius 3 is 2.87 bits per heavy atom. The van der Waals surface area contributed by atoms with Crippen molar-refractivity contribution in [2.45, 2.75) is 19.1 Å². The Balaban J connectivity index is 2.02. The number of halogens is 3. The first-order valence-corrected chi connectivity index (χ1v) is 5.75. The molecule has 0 aromatic heterocycles. The Labute approximate surface area is 96.2 Å². The molecule has 0 radical (unpaired) electrons. The first-order valence-electron chi connectivity index (χ1n) is 4.95. The van der Waals surface area contributed by atoms with Gasteiger partial charge in [-0.25, -0.2) is 8.78 Å². The van der Waals surface area contributed by atoms with E-state index in [4.69, 9.17) is 0 Å². The summed E-state index contributed by atoms with van der Waals surface area (Å²) in [6.45, 7) is 1.86. The number of benzene rings is 1. The standard InChI is InChI=1S/C11H12BrF2N/c12-10-2-1-8(5-11(10)14)6-15-4-3-9(13)7-15/h1-2,5,9H,3-4,6-7H2. The third kappa shape index (κ3) is 2.75. The van der Waals surface area contributed by atoms with Gasteiger partial charge in [0, 0.05) is 19.6 Å². The lowest BCUT2D eigenvalue weighted by Gasteiger charge is -2.14. The highest BCUT2D eigenvalue weighted by Gasteiger charge is 2.21. The van der Waals surface area contributed by atoms with Crippen molar-refractivity contribution in [3.8, 4) is 0 Å². The van der Waals surface area contributed by atoms with Crippen LogP contribution in [0.15, 0.2) is 22.7 Å². The van der Waals surface area contributed by atoms with Crippen molar-refractivity contribution < 1.29 is 8.78 Å². The van der Waals surface area contributed by atoms with Crippen LogP contribution in [0.1, 0.15) is 12.0 Å². The summed E-state index contributed by atoms with van der Waals surface area (Å²) in [4.78, 5) is 2.01. The third-order valence-corrected chi connectivity index (χ3v) is 3.25. The molecule has 0 amide bonds. The molecule has 1 saturated heterocycles. The molecule has 0 spiro atoms. The van der Waals surface area contributed by atoms with Crippen LogP contribution in [0.5, 0.6) is 0 Å². The molecule has 1 atom stereocenters. The molecule has 1 aliphatic rings. The second-order valence-electron chi connectivity index (χ2n) is 3.87. The molecule has 0 N–H and O–H groups in total. The van der Waals surface area contributed by atoms with Gasteiger partial charge in [0.1, 0.15) is 12.0 Å². The van der Waals surface area contributed by atoms with Crippen LogP contribution in [0, 0.1) is 5.82 Å². The summed E-state index contributed by atoms with van der Waals surface area (Å²) in [5, 5.41) is 0. The van der Waals surface area contributed by atoms with Crippen LogP contribution in [0.25, 0.3) is 0 Å². The van der Waals surface area contributed by atoms with Crippen LogP contribution in [-0.4, -0.2) is 24.2 Å². The minimum Gasteiger partial charge on any atom is -0.296 e. The summed E-state index contributed by atoms with van der Waals surface area (Å²) in [6, 6.07) is 5.04. The van der Waals surface area contributed by atoms with E-state index in [2.05, 4.69) is 15.9 Å². The number of nitrogens with zero attached hydrogens (tertiary/aromatic N) is 1. The Hall–Kier alpha value is -0.480. The van der Waals surface area contributed by atoms with E-state index in [0.717, 1.165) is 12.1 Å². The zero-order chi connectivity index (χ0) is 10.8. The predicted molar refractivity (Wildman–Crippen MR) is 58.9 cm³/mol. The second kappa shape index (κ2) is 4.58. The molecule has 15 heavy (non-hydrogen) atoms. The molecular formula is C11H12BrF2N. The van der Waals surface area contributed by atoms with E-state index in [1.807, 2.05) is 11.0 Å². The molecule has 1 heterocycles. The van der Waals surface area contributed by atoms with Crippen molar-refractivity contribution in [1.29, 1.82) is 0 Å². The summed E-state index contributed by atoms with van der Waals surface area (Å²) in [7, 11) is 0. The van der Waals surface area contributed by atoms with Crippen LogP contribution in [0.3, 0.4) is 0 Å². The maximum Gasteiger partial charge on any atom is 0.137 e. The van der Waals surface area contributed by atoms with Crippen molar-refractivity contribution >= 4 is 15.9 Å². The van der Waals surface area contributed by atoms with Gasteiger partial charge in [0.15, 0.2) is 0 Å². The molecule has 82 valence electrons. The molecule has 1 aromatic rings. The van der Waals surface area contributed by atoms with Crippen molar-refractivity contribution in [2.24, 2.45) is 0 Å². The van der Waals surface area contributed by atoms with Crippen LogP contribution in [0.4, 0.5) is 8.78 Å². The lowest BCUT2D eigenvalue weighted by Crippen LogP contribution is -2.20. The van der Waals surface area contributed by atoms with E-state index >= 15 is 0 Å². The highest BCUT2D eigenvalue weighted by atomic mass is 79.9. The Morgan fingerprint density at radius 2 is 2.27 bits per heavy atom. The molecule has 1 aliphatic heterocycles. The Morgan fingerprint density at radius 1 is 1.47 bits per heavy atom. The van der Waals surface area contributed by atoms with Crippen molar-refractivity contribution in [3.05, 3.63) is 34.1 Å². The van der Waals surface area contributed by atoms with Gasteiger partial charge in [-0.2, -0.15) is 0 Å². The fourth-order valence-electron chi connectivity index (χ4n) is 1.83. The lowest BCUT2D eigenvalue weighted by atomic mass is 10.2. The van der Waals surface area contributed by atoms with Gasteiger partial charge in [0.05, 0.1) is 4.47 Å². The largest absolute Gasteiger partial charge is 0.296 e. The summed E-state index contributed by atoms with van der Waals surface area (Å²) in [6.07, 6.45) is -0.121. The Bertz CT molecular complexity index is 356. The van der Waals surface area contributed by atoms with Crippen LogP contribution in [-0.2, 0) is 6.54 Å². The number of alkyl halides is 1. The van der Waals surface area contributed by atoms with E-state index in [9.17, 15) is 8.78 Å². The summed E-state index contributed by atoms with van der Waals surface area (Å²) in [5.74, 6) is -0.261. The number of hydrogen-bond acceptors (Lipinski definition) is 1. The summed E-state index contributed by atoms with van der Waals surface area (Å²) < 4.78 is 26.6. The molecule has 0 aliphatic carbocycles. The van der Waals surface area contributed by atoms with E-state index in [0.29, 0.717) is 24.0 Å². The van der Waals surface area contributed by atoms with E-state index in [1.165, 1.54) is 6.07 Å². The SMILES string of the molecule is Fc1cc(CN2CCC(F)C2)ccc1Br. The monoisotopic (exact) mass is 275 g/mol. The zero-order valence-electron chi connectivity index (χ0n) is 8.22. The highest BCUT2D eigenvalue weighted by Crippen LogP contribution is 2.19. The summed E-state index contributed by atoms with van der Waals surface area (Å²) in [5.41, 5.74) is 0.893. The lowest BCUT2D eigenvalue weighted by molar-refractivity contribution is 0.282. The number of likely N-dealkylation sites (tertiary alicyclic amines) is 1. The molecule has 1 nitrogen and oxygen atoms in total. The maximum absolute atomic E-state index is 13.2. The summed E-state index contributed by atoms with van der Waals surface area (Å²) >= 11 is 3.10. The van der Waals surface area contributed by atoms with Crippen molar-refractivity contribution in [3.63, 3.8) is 0 Å². The Kier molecular flexibility index (Phi) is 3.36. The molecule has 1 aromatic carbocycles. The quantitative estimate of drug-likeness (QED) is 0.802. The predicted octanol–water partition coefficient (Wildman–Crippen LogP) is 3.13.